The van der Waals surface area contributed by atoms with E-state index in [1.165, 1.54) is 25.7 Å². The minimum Gasteiger partial charge on any atom is -0.396 e. The van der Waals surface area contributed by atoms with E-state index in [9.17, 15) is 0 Å². The third kappa shape index (κ3) is 2.92. The summed E-state index contributed by atoms with van der Waals surface area (Å²) < 4.78 is 1.01. The Labute approximate surface area is 112 Å². The molecular formula is C13H20BrN3. The fraction of sp³-hybridized carbons (Fsp3) is 0.615. The molecule has 94 valence electrons. The highest BCUT2D eigenvalue weighted by Crippen LogP contribution is 2.33. The second kappa shape index (κ2) is 5.71. The molecule has 1 unspecified atom stereocenters. The van der Waals surface area contributed by atoms with Crippen LogP contribution < -0.4 is 10.6 Å². The molecule has 0 aromatic carbocycles. The van der Waals surface area contributed by atoms with E-state index in [0.29, 0.717) is 0 Å². The number of halogens is 1. The molecule has 3 nitrogen and oxygen atoms in total. The van der Waals surface area contributed by atoms with Crippen molar-refractivity contribution in [3.05, 3.63) is 16.9 Å². The Morgan fingerprint density at radius 1 is 1.41 bits per heavy atom. The molecular weight excluding hydrogens is 278 g/mol. The van der Waals surface area contributed by atoms with Gasteiger partial charge in [-0.25, -0.2) is 0 Å². The average molecular weight is 298 g/mol. The number of nitrogens with zero attached hydrogens (tertiary/aromatic N) is 2. The Morgan fingerprint density at radius 3 is 2.94 bits per heavy atom. The van der Waals surface area contributed by atoms with Crippen molar-refractivity contribution >= 4 is 27.3 Å². The first-order chi connectivity index (χ1) is 8.22. The molecule has 0 radical (unpaired) electrons. The minimum atomic E-state index is 0.773. The molecule has 4 heteroatoms. The molecule has 1 fully saturated rings. The lowest BCUT2D eigenvalue weighted by molar-refractivity contribution is 0.459. The van der Waals surface area contributed by atoms with Crippen molar-refractivity contribution in [1.29, 1.82) is 0 Å². The van der Waals surface area contributed by atoms with E-state index in [4.69, 9.17) is 5.73 Å². The van der Waals surface area contributed by atoms with Gasteiger partial charge in [0.1, 0.15) is 0 Å². The summed E-state index contributed by atoms with van der Waals surface area (Å²) in [6, 6.07) is 0. The molecule has 2 N–H and O–H groups in total. The van der Waals surface area contributed by atoms with E-state index < -0.39 is 0 Å². The van der Waals surface area contributed by atoms with Gasteiger partial charge in [-0.05, 0) is 41.1 Å². The Bertz CT molecular complexity index is 361. The quantitative estimate of drug-likeness (QED) is 0.909. The van der Waals surface area contributed by atoms with Crippen LogP contribution in [0.3, 0.4) is 0 Å². The van der Waals surface area contributed by atoms with Crippen LogP contribution in [0, 0.1) is 5.92 Å². The first kappa shape index (κ1) is 12.7. The largest absolute Gasteiger partial charge is 0.396 e. The number of pyridine rings is 1. The second-order valence-electron chi connectivity index (χ2n) is 4.75. The van der Waals surface area contributed by atoms with Gasteiger partial charge in [-0.1, -0.05) is 13.3 Å². The lowest BCUT2D eigenvalue weighted by atomic mass is 9.98. The normalized spacial score (nSPS) is 21.3. The third-order valence-corrected chi connectivity index (χ3v) is 4.22. The number of hydrogen-bond donors (Lipinski definition) is 1. The van der Waals surface area contributed by atoms with Crippen molar-refractivity contribution in [1.82, 2.24) is 4.98 Å². The predicted molar refractivity (Wildman–Crippen MR) is 76.2 cm³/mol. The van der Waals surface area contributed by atoms with Crippen LogP contribution in [0.15, 0.2) is 16.9 Å². The minimum absolute atomic E-state index is 0.773. The van der Waals surface area contributed by atoms with Crippen LogP contribution in [0.2, 0.25) is 0 Å². The average Bonchev–Trinajstić information content (AvgIpc) is 2.54. The molecule has 1 saturated heterocycles. The number of anilines is 2. The molecule has 2 heterocycles. The number of hydrogen-bond acceptors (Lipinski definition) is 3. The lowest BCUT2D eigenvalue weighted by Gasteiger charge is -2.25. The maximum Gasteiger partial charge on any atom is 0.0776 e. The van der Waals surface area contributed by atoms with Crippen molar-refractivity contribution in [2.75, 3.05) is 23.7 Å². The van der Waals surface area contributed by atoms with Gasteiger partial charge in [0, 0.05) is 19.3 Å². The van der Waals surface area contributed by atoms with Crippen molar-refractivity contribution < 1.29 is 0 Å². The van der Waals surface area contributed by atoms with Crippen molar-refractivity contribution in [2.24, 2.45) is 5.92 Å². The Kier molecular flexibility index (Phi) is 4.26. The first-order valence-electron chi connectivity index (χ1n) is 6.36. The van der Waals surface area contributed by atoms with E-state index in [0.717, 1.165) is 34.9 Å². The van der Waals surface area contributed by atoms with Crippen LogP contribution >= 0.6 is 15.9 Å². The molecule has 1 aliphatic rings. The predicted octanol–water partition coefficient (Wildman–Crippen LogP) is 3.44. The summed E-state index contributed by atoms with van der Waals surface area (Å²) in [5.41, 5.74) is 7.93. The summed E-state index contributed by atoms with van der Waals surface area (Å²) in [5.74, 6) is 0.877. The second-order valence-corrected chi connectivity index (χ2v) is 5.61. The SMILES string of the molecule is CCC1CCCN(c2c(N)cncc2Br)CC1. The van der Waals surface area contributed by atoms with Crippen LogP contribution in [-0.2, 0) is 0 Å². The number of nitrogens with two attached hydrogens (primary N) is 1. The van der Waals surface area contributed by atoms with Crippen LogP contribution in [-0.4, -0.2) is 18.1 Å². The number of nitrogen functional groups attached to an aromatic ring is 1. The molecule has 0 saturated carbocycles. The zero-order chi connectivity index (χ0) is 12.3. The molecule has 17 heavy (non-hydrogen) atoms. The smallest absolute Gasteiger partial charge is 0.0776 e. The maximum atomic E-state index is 6.04. The fourth-order valence-electron chi connectivity index (χ4n) is 2.57. The van der Waals surface area contributed by atoms with Crippen LogP contribution in [0.25, 0.3) is 0 Å². The summed E-state index contributed by atoms with van der Waals surface area (Å²) in [6.45, 7) is 4.49. The van der Waals surface area contributed by atoms with E-state index in [-0.39, 0.29) is 0 Å². The van der Waals surface area contributed by atoms with Gasteiger partial charge in [0.25, 0.3) is 0 Å². The van der Waals surface area contributed by atoms with E-state index >= 15 is 0 Å². The lowest BCUT2D eigenvalue weighted by Crippen LogP contribution is -2.25. The van der Waals surface area contributed by atoms with E-state index in [2.05, 4.69) is 32.7 Å². The molecule has 1 aromatic heterocycles. The van der Waals surface area contributed by atoms with Gasteiger partial charge < -0.3 is 10.6 Å². The molecule has 1 atom stereocenters. The molecule has 0 aliphatic carbocycles. The van der Waals surface area contributed by atoms with Crippen LogP contribution in [0.5, 0.6) is 0 Å². The summed E-state index contributed by atoms with van der Waals surface area (Å²) in [4.78, 5) is 6.49. The van der Waals surface area contributed by atoms with Gasteiger partial charge in [-0.3, -0.25) is 4.98 Å². The van der Waals surface area contributed by atoms with Gasteiger partial charge in [0.05, 0.1) is 22.0 Å². The standard InChI is InChI=1S/C13H20BrN3/c1-2-10-4-3-6-17(7-5-10)13-11(14)8-16-9-12(13)15/h8-10H,2-7,15H2,1H3. The summed E-state index contributed by atoms with van der Waals surface area (Å²) in [5, 5.41) is 0. The summed E-state index contributed by atoms with van der Waals surface area (Å²) >= 11 is 3.56. The molecule has 0 amide bonds. The summed E-state index contributed by atoms with van der Waals surface area (Å²) in [6.07, 6.45) is 8.73. The number of aromatic nitrogens is 1. The Hall–Kier alpha value is -0.770. The van der Waals surface area contributed by atoms with Crippen molar-refractivity contribution in [2.45, 2.75) is 32.6 Å². The molecule has 1 aromatic rings. The topological polar surface area (TPSA) is 42.1 Å². The third-order valence-electron chi connectivity index (χ3n) is 3.64. The zero-order valence-electron chi connectivity index (χ0n) is 10.3. The maximum absolute atomic E-state index is 6.04. The molecule has 1 aliphatic heterocycles. The number of rotatable bonds is 2. The highest BCUT2D eigenvalue weighted by Gasteiger charge is 2.19. The fourth-order valence-corrected chi connectivity index (χ4v) is 3.17. The molecule has 2 rings (SSSR count). The van der Waals surface area contributed by atoms with Gasteiger partial charge in [-0.15, -0.1) is 0 Å². The van der Waals surface area contributed by atoms with Crippen LogP contribution in [0.1, 0.15) is 32.6 Å². The van der Waals surface area contributed by atoms with Crippen LogP contribution in [0.4, 0.5) is 11.4 Å². The van der Waals surface area contributed by atoms with E-state index in [1.54, 1.807) is 6.20 Å². The van der Waals surface area contributed by atoms with Gasteiger partial charge in [0.15, 0.2) is 0 Å². The Morgan fingerprint density at radius 2 is 2.24 bits per heavy atom. The first-order valence-corrected chi connectivity index (χ1v) is 7.15. The highest BCUT2D eigenvalue weighted by atomic mass is 79.9. The van der Waals surface area contributed by atoms with Crippen molar-refractivity contribution in [3.63, 3.8) is 0 Å². The monoisotopic (exact) mass is 297 g/mol. The van der Waals surface area contributed by atoms with Gasteiger partial charge in [0.2, 0.25) is 0 Å². The Balaban J connectivity index is 2.17. The zero-order valence-corrected chi connectivity index (χ0v) is 11.9. The van der Waals surface area contributed by atoms with Gasteiger partial charge >= 0.3 is 0 Å². The van der Waals surface area contributed by atoms with Crippen molar-refractivity contribution in [3.8, 4) is 0 Å². The molecule has 0 bridgehead atoms. The summed E-state index contributed by atoms with van der Waals surface area (Å²) in [7, 11) is 0. The van der Waals surface area contributed by atoms with Gasteiger partial charge in [-0.2, -0.15) is 0 Å². The highest BCUT2D eigenvalue weighted by molar-refractivity contribution is 9.10. The van der Waals surface area contributed by atoms with E-state index in [1.807, 2.05) is 6.20 Å². The molecule has 0 spiro atoms.